The van der Waals surface area contributed by atoms with E-state index in [2.05, 4.69) is 15.4 Å². The standard InChI is InChI=1S/C17H16N4OS/c1-11-10-18-17(23-11)19-16(22)15-13-8-5-9-14(13)21(20-15)12-6-3-2-4-7-12/h2-4,6-7,10H,5,8-9H2,1H3,(H,18,19,22). The molecule has 6 heteroatoms. The van der Waals surface area contributed by atoms with Gasteiger partial charge in [-0.2, -0.15) is 5.10 Å². The number of rotatable bonds is 3. The summed E-state index contributed by atoms with van der Waals surface area (Å²) < 4.78 is 1.91. The first-order chi connectivity index (χ1) is 11.2. The van der Waals surface area contributed by atoms with Crippen LogP contribution in [0.1, 0.15) is 33.0 Å². The number of carbonyl (C=O) groups excluding carboxylic acids is 1. The number of hydrogen-bond acceptors (Lipinski definition) is 4. The monoisotopic (exact) mass is 324 g/mol. The van der Waals surface area contributed by atoms with Gasteiger partial charge in [0.15, 0.2) is 10.8 Å². The Labute approximate surface area is 138 Å². The molecule has 1 aliphatic rings. The number of aryl methyl sites for hydroxylation is 1. The summed E-state index contributed by atoms with van der Waals surface area (Å²) in [5.41, 5.74) is 3.74. The molecule has 0 saturated carbocycles. The number of nitrogens with one attached hydrogen (secondary N) is 1. The van der Waals surface area contributed by atoms with Crippen molar-refractivity contribution >= 4 is 22.4 Å². The van der Waals surface area contributed by atoms with Gasteiger partial charge in [-0.05, 0) is 38.3 Å². The van der Waals surface area contributed by atoms with E-state index in [1.807, 2.05) is 41.9 Å². The van der Waals surface area contributed by atoms with Crippen molar-refractivity contribution in [2.45, 2.75) is 26.2 Å². The molecule has 0 saturated heterocycles. The average Bonchev–Trinajstić information content (AvgIpc) is 3.24. The van der Waals surface area contributed by atoms with Crippen molar-refractivity contribution in [3.05, 3.63) is 58.4 Å². The summed E-state index contributed by atoms with van der Waals surface area (Å²) in [6, 6.07) is 9.97. The highest BCUT2D eigenvalue weighted by Gasteiger charge is 2.27. The first-order valence-corrected chi connectivity index (χ1v) is 8.44. The zero-order valence-corrected chi connectivity index (χ0v) is 13.6. The number of anilines is 1. The number of thiazole rings is 1. The van der Waals surface area contributed by atoms with Crippen molar-refractivity contribution in [3.8, 4) is 5.69 Å². The summed E-state index contributed by atoms with van der Waals surface area (Å²) >= 11 is 1.47. The third-order valence-corrected chi connectivity index (χ3v) is 4.82. The molecule has 0 atom stereocenters. The average molecular weight is 324 g/mol. The second-order valence-corrected chi connectivity index (χ2v) is 6.84. The van der Waals surface area contributed by atoms with Crippen LogP contribution in [0.3, 0.4) is 0 Å². The highest BCUT2D eigenvalue weighted by atomic mass is 32.1. The summed E-state index contributed by atoms with van der Waals surface area (Å²) in [6.45, 7) is 1.97. The minimum absolute atomic E-state index is 0.174. The van der Waals surface area contributed by atoms with Gasteiger partial charge in [-0.3, -0.25) is 10.1 Å². The molecule has 0 fully saturated rings. The number of nitrogens with zero attached hydrogens (tertiary/aromatic N) is 3. The number of amides is 1. The van der Waals surface area contributed by atoms with E-state index >= 15 is 0 Å². The van der Waals surface area contributed by atoms with Gasteiger partial charge in [-0.15, -0.1) is 11.3 Å². The predicted octanol–water partition coefficient (Wildman–Crippen LogP) is 3.38. The van der Waals surface area contributed by atoms with Gasteiger partial charge in [0, 0.05) is 22.3 Å². The van der Waals surface area contributed by atoms with E-state index in [9.17, 15) is 4.79 Å². The van der Waals surface area contributed by atoms with E-state index < -0.39 is 0 Å². The van der Waals surface area contributed by atoms with Gasteiger partial charge in [0.05, 0.1) is 5.69 Å². The van der Waals surface area contributed by atoms with Gasteiger partial charge in [0.25, 0.3) is 5.91 Å². The normalized spacial score (nSPS) is 13.1. The van der Waals surface area contributed by atoms with Gasteiger partial charge in [0.2, 0.25) is 0 Å². The lowest BCUT2D eigenvalue weighted by Crippen LogP contribution is -2.14. The van der Waals surface area contributed by atoms with Crippen LogP contribution in [-0.2, 0) is 12.8 Å². The fraction of sp³-hybridized carbons (Fsp3) is 0.235. The summed E-state index contributed by atoms with van der Waals surface area (Å²) in [7, 11) is 0. The Morgan fingerprint density at radius 2 is 2.09 bits per heavy atom. The van der Waals surface area contributed by atoms with Gasteiger partial charge in [-0.1, -0.05) is 18.2 Å². The van der Waals surface area contributed by atoms with Crippen molar-refractivity contribution in [1.82, 2.24) is 14.8 Å². The largest absolute Gasteiger partial charge is 0.296 e. The lowest BCUT2D eigenvalue weighted by atomic mass is 10.2. The van der Waals surface area contributed by atoms with Crippen LogP contribution in [0.25, 0.3) is 5.69 Å². The van der Waals surface area contributed by atoms with Crippen LogP contribution in [0.2, 0.25) is 0 Å². The van der Waals surface area contributed by atoms with Crippen molar-refractivity contribution < 1.29 is 4.79 Å². The second-order valence-electron chi connectivity index (χ2n) is 5.60. The molecule has 0 unspecified atom stereocenters. The molecule has 0 radical (unpaired) electrons. The third kappa shape index (κ3) is 2.55. The molecule has 1 amide bonds. The smallest absolute Gasteiger partial charge is 0.278 e. The Hall–Kier alpha value is -2.47. The molecule has 4 rings (SSSR count). The fourth-order valence-electron chi connectivity index (χ4n) is 2.97. The number of benzene rings is 1. The Morgan fingerprint density at radius 1 is 1.26 bits per heavy atom. The van der Waals surface area contributed by atoms with E-state index in [1.165, 1.54) is 11.3 Å². The first kappa shape index (κ1) is 14.1. The number of hydrogen-bond donors (Lipinski definition) is 1. The molecule has 0 spiro atoms. The molecule has 1 aromatic carbocycles. The molecular formula is C17H16N4OS. The highest BCUT2D eigenvalue weighted by Crippen LogP contribution is 2.28. The summed E-state index contributed by atoms with van der Waals surface area (Å²) in [5.74, 6) is -0.174. The Bertz CT molecular complexity index is 866. The van der Waals surface area contributed by atoms with Crippen LogP contribution in [0.5, 0.6) is 0 Å². The van der Waals surface area contributed by atoms with Crippen LogP contribution < -0.4 is 5.32 Å². The first-order valence-electron chi connectivity index (χ1n) is 7.62. The summed E-state index contributed by atoms with van der Waals surface area (Å²) in [4.78, 5) is 17.9. The quantitative estimate of drug-likeness (QED) is 0.803. The van der Waals surface area contributed by atoms with E-state index in [0.717, 1.165) is 41.1 Å². The van der Waals surface area contributed by atoms with E-state index in [1.54, 1.807) is 6.20 Å². The maximum atomic E-state index is 12.6. The molecule has 116 valence electrons. The lowest BCUT2D eigenvalue weighted by molar-refractivity contribution is 0.102. The summed E-state index contributed by atoms with van der Waals surface area (Å²) in [6.07, 6.45) is 4.69. The minimum Gasteiger partial charge on any atom is -0.296 e. The predicted molar refractivity (Wildman–Crippen MR) is 90.4 cm³/mol. The van der Waals surface area contributed by atoms with Crippen LogP contribution in [0.4, 0.5) is 5.13 Å². The molecule has 1 N–H and O–H groups in total. The van der Waals surface area contributed by atoms with Gasteiger partial charge in [0.1, 0.15) is 0 Å². The summed E-state index contributed by atoms with van der Waals surface area (Å²) in [5, 5.41) is 8.07. The SMILES string of the molecule is Cc1cnc(NC(=O)c2nn(-c3ccccc3)c3c2CCC3)s1. The zero-order chi connectivity index (χ0) is 15.8. The van der Waals surface area contributed by atoms with Crippen molar-refractivity contribution in [2.24, 2.45) is 0 Å². The molecule has 0 bridgehead atoms. The molecule has 1 aliphatic carbocycles. The number of aromatic nitrogens is 3. The molecule has 0 aliphatic heterocycles. The van der Waals surface area contributed by atoms with Crippen molar-refractivity contribution in [2.75, 3.05) is 5.32 Å². The highest BCUT2D eigenvalue weighted by molar-refractivity contribution is 7.15. The Morgan fingerprint density at radius 3 is 2.83 bits per heavy atom. The lowest BCUT2D eigenvalue weighted by Gasteiger charge is -2.04. The molecule has 23 heavy (non-hydrogen) atoms. The Balaban J connectivity index is 1.71. The number of carbonyl (C=O) groups is 1. The van der Waals surface area contributed by atoms with Crippen LogP contribution in [0.15, 0.2) is 36.5 Å². The minimum atomic E-state index is -0.174. The maximum absolute atomic E-state index is 12.6. The molecule has 2 heterocycles. The Kier molecular flexibility index (Phi) is 3.46. The number of fused-ring (bicyclic) bond motifs is 1. The van der Waals surface area contributed by atoms with E-state index in [4.69, 9.17) is 0 Å². The fourth-order valence-corrected chi connectivity index (χ4v) is 3.63. The van der Waals surface area contributed by atoms with Crippen molar-refractivity contribution in [3.63, 3.8) is 0 Å². The maximum Gasteiger partial charge on any atom is 0.278 e. The van der Waals surface area contributed by atoms with Crippen LogP contribution in [-0.4, -0.2) is 20.7 Å². The number of para-hydroxylation sites is 1. The third-order valence-electron chi connectivity index (χ3n) is 3.99. The molecule has 3 aromatic rings. The van der Waals surface area contributed by atoms with Gasteiger partial charge >= 0.3 is 0 Å². The molecular weight excluding hydrogens is 308 g/mol. The van der Waals surface area contributed by atoms with Gasteiger partial charge in [-0.25, -0.2) is 9.67 Å². The van der Waals surface area contributed by atoms with Crippen LogP contribution in [0, 0.1) is 6.92 Å². The molecule has 2 aromatic heterocycles. The zero-order valence-electron chi connectivity index (χ0n) is 12.7. The van der Waals surface area contributed by atoms with Crippen LogP contribution >= 0.6 is 11.3 Å². The van der Waals surface area contributed by atoms with E-state index in [-0.39, 0.29) is 5.91 Å². The molecule has 5 nitrogen and oxygen atoms in total. The van der Waals surface area contributed by atoms with Crippen molar-refractivity contribution in [1.29, 1.82) is 0 Å². The van der Waals surface area contributed by atoms with E-state index in [0.29, 0.717) is 10.8 Å². The topological polar surface area (TPSA) is 59.8 Å². The second kappa shape index (κ2) is 5.62. The van der Waals surface area contributed by atoms with Gasteiger partial charge < -0.3 is 0 Å².